The van der Waals surface area contributed by atoms with Gasteiger partial charge in [0.05, 0.1) is 6.61 Å². The molecule has 0 spiro atoms. The monoisotopic (exact) mass is 317 g/mol. The van der Waals surface area contributed by atoms with Gasteiger partial charge in [0, 0.05) is 37.3 Å². The molecule has 6 heteroatoms. The summed E-state index contributed by atoms with van der Waals surface area (Å²) in [5, 5.41) is 6.09. The van der Waals surface area contributed by atoms with E-state index in [9.17, 15) is 4.39 Å². The van der Waals surface area contributed by atoms with Crippen LogP contribution in [-0.2, 0) is 11.3 Å². The lowest BCUT2D eigenvalue weighted by molar-refractivity contribution is 0.203. The fourth-order valence-corrected chi connectivity index (χ4v) is 1.67. The number of hydrogen-bond acceptors (Lipinski definition) is 2. The highest BCUT2D eigenvalue weighted by Gasteiger charge is 2.03. The minimum Gasteiger partial charge on any atom is -0.383 e. The van der Waals surface area contributed by atoms with Gasteiger partial charge in [0.1, 0.15) is 5.82 Å². The first-order valence-corrected chi connectivity index (χ1v) is 6.34. The number of benzene rings is 1. The van der Waals surface area contributed by atoms with Gasteiger partial charge in [0.25, 0.3) is 0 Å². The molecule has 0 aromatic heterocycles. The standard InChI is InChI=1S/C12H17BrFN3O/c1-15-12(16-5-6-18-2)17-8-9-3-4-10(13)7-11(9)14/h3-4,7H,5-6,8H2,1-2H3,(H2,15,16,17). The van der Waals surface area contributed by atoms with E-state index < -0.39 is 0 Å². The average molecular weight is 318 g/mol. The highest BCUT2D eigenvalue weighted by atomic mass is 79.9. The van der Waals surface area contributed by atoms with Crippen molar-refractivity contribution < 1.29 is 9.13 Å². The van der Waals surface area contributed by atoms with Crippen LogP contribution in [0, 0.1) is 5.82 Å². The van der Waals surface area contributed by atoms with Crippen LogP contribution in [0.1, 0.15) is 5.56 Å². The number of halogens is 2. The van der Waals surface area contributed by atoms with Gasteiger partial charge < -0.3 is 15.4 Å². The van der Waals surface area contributed by atoms with Gasteiger partial charge >= 0.3 is 0 Å². The summed E-state index contributed by atoms with van der Waals surface area (Å²) in [6.45, 7) is 1.62. The van der Waals surface area contributed by atoms with Crippen molar-refractivity contribution >= 4 is 21.9 Å². The van der Waals surface area contributed by atoms with Crippen LogP contribution in [0.15, 0.2) is 27.7 Å². The molecule has 0 fully saturated rings. The Kier molecular flexibility index (Phi) is 6.67. The van der Waals surface area contributed by atoms with Gasteiger partial charge in [-0.2, -0.15) is 0 Å². The maximum Gasteiger partial charge on any atom is 0.191 e. The van der Waals surface area contributed by atoms with Crippen molar-refractivity contribution in [1.29, 1.82) is 0 Å². The molecule has 18 heavy (non-hydrogen) atoms. The summed E-state index contributed by atoms with van der Waals surface area (Å²) in [6, 6.07) is 4.98. The molecule has 0 aliphatic heterocycles. The van der Waals surface area contributed by atoms with Crippen molar-refractivity contribution in [2.24, 2.45) is 4.99 Å². The summed E-state index contributed by atoms with van der Waals surface area (Å²) in [5.74, 6) is 0.374. The Hall–Kier alpha value is -1.14. The molecule has 1 aromatic rings. The summed E-state index contributed by atoms with van der Waals surface area (Å²) < 4.78 is 19.2. The predicted molar refractivity (Wildman–Crippen MR) is 74.2 cm³/mol. The fraction of sp³-hybridized carbons (Fsp3) is 0.417. The highest BCUT2D eigenvalue weighted by molar-refractivity contribution is 9.10. The molecule has 0 bridgehead atoms. The van der Waals surface area contributed by atoms with Gasteiger partial charge in [0.15, 0.2) is 5.96 Å². The van der Waals surface area contributed by atoms with E-state index in [1.54, 1.807) is 26.3 Å². The van der Waals surface area contributed by atoms with Crippen molar-refractivity contribution in [2.75, 3.05) is 27.3 Å². The molecular weight excluding hydrogens is 301 g/mol. The van der Waals surface area contributed by atoms with E-state index in [1.807, 2.05) is 0 Å². The zero-order valence-corrected chi connectivity index (χ0v) is 12.1. The van der Waals surface area contributed by atoms with Gasteiger partial charge in [0.2, 0.25) is 0 Å². The number of hydrogen-bond donors (Lipinski definition) is 2. The minimum atomic E-state index is -0.246. The van der Waals surface area contributed by atoms with E-state index in [0.717, 1.165) is 4.47 Å². The summed E-state index contributed by atoms with van der Waals surface area (Å²) >= 11 is 3.22. The third-order valence-corrected chi connectivity index (χ3v) is 2.78. The summed E-state index contributed by atoms with van der Waals surface area (Å²) in [6.07, 6.45) is 0. The molecular formula is C12H17BrFN3O. The second kappa shape index (κ2) is 8.05. The van der Waals surface area contributed by atoms with Crippen LogP contribution in [0.25, 0.3) is 0 Å². The molecule has 1 aromatic carbocycles. The third kappa shape index (κ3) is 5.01. The van der Waals surface area contributed by atoms with Crippen LogP contribution < -0.4 is 10.6 Å². The molecule has 0 aliphatic carbocycles. The maximum absolute atomic E-state index is 13.6. The molecule has 0 heterocycles. The number of ether oxygens (including phenoxy) is 1. The molecule has 0 atom stereocenters. The molecule has 0 saturated heterocycles. The first kappa shape index (κ1) is 14.9. The molecule has 0 radical (unpaired) electrons. The molecule has 100 valence electrons. The maximum atomic E-state index is 13.6. The Morgan fingerprint density at radius 1 is 1.44 bits per heavy atom. The molecule has 0 unspecified atom stereocenters. The Morgan fingerprint density at radius 3 is 2.83 bits per heavy atom. The Morgan fingerprint density at radius 2 is 2.22 bits per heavy atom. The van der Waals surface area contributed by atoms with Crippen molar-refractivity contribution in [3.63, 3.8) is 0 Å². The van der Waals surface area contributed by atoms with Crippen LogP contribution in [0.5, 0.6) is 0 Å². The van der Waals surface area contributed by atoms with Gasteiger partial charge in [-0.15, -0.1) is 0 Å². The van der Waals surface area contributed by atoms with Gasteiger partial charge in [-0.05, 0) is 12.1 Å². The second-order valence-corrected chi connectivity index (χ2v) is 4.50. The fourth-order valence-electron chi connectivity index (χ4n) is 1.34. The lowest BCUT2D eigenvalue weighted by atomic mass is 10.2. The van der Waals surface area contributed by atoms with E-state index >= 15 is 0 Å². The Labute approximate surface area is 115 Å². The molecule has 4 nitrogen and oxygen atoms in total. The van der Waals surface area contributed by atoms with E-state index in [2.05, 4.69) is 31.6 Å². The number of nitrogens with one attached hydrogen (secondary N) is 2. The lowest BCUT2D eigenvalue weighted by Crippen LogP contribution is -2.38. The van der Waals surface area contributed by atoms with Crippen molar-refractivity contribution in [2.45, 2.75) is 6.54 Å². The predicted octanol–water partition coefficient (Wildman–Crippen LogP) is 1.90. The SMILES string of the molecule is CN=C(NCCOC)NCc1ccc(Br)cc1F. The van der Waals surface area contributed by atoms with Gasteiger partial charge in [-0.25, -0.2) is 4.39 Å². The summed E-state index contributed by atoms with van der Waals surface area (Å²) in [4.78, 5) is 4.03. The summed E-state index contributed by atoms with van der Waals surface area (Å²) in [7, 11) is 3.30. The van der Waals surface area contributed by atoms with Crippen LogP contribution in [0.2, 0.25) is 0 Å². The van der Waals surface area contributed by atoms with Crippen LogP contribution in [-0.4, -0.2) is 33.3 Å². The number of rotatable bonds is 5. The number of guanidine groups is 1. The number of aliphatic imine (C=N–C) groups is 1. The van der Waals surface area contributed by atoms with Crippen molar-refractivity contribution in [1.82, 2.24) is 10.6 Å². The first-order chi connectivity index (χ1) is 8.67. The molecule has 2 N–H and O–H groups in total. The second-order valence-electron chi connectivity index (χ2n) is 3.58. The van der Waals surface area contributed by atoms with Gasteiger partial charge in [-0.1, -0.05) is 22.0 Å². The Balaban J connectivity index is 2.47. The van der Waals surface area contributed by atoms with Gasteiger partial charge in [-0.3, -0.25) is 4.99 Å². The normalized spacial score (nSPS) is 11.4. The zero-order chi connectivity index (χ0) is 13.4. The third-order valence-electron chi connectivity index (χ3n) is 2.28. The molecule has 0 amide bonds. The molecule has 0 saturated carbocycles. The number of methoxy groups -OCH3 is 1. The lowest BCUT2D eigenvalue weighted by Gasteiger charge is -2.12. The summed E-state index contributed by atoms with van der Waals surface area (Å²) in [5.41, 5.74) is 0.591. The van der Waals surface area contributed by atoms with Crippen LogP contribution in [0.4, 0.5) is 4.39 Å². The highest BCUT2D eigenvalue weighted by Crippen LogP contribution is 2.14. The first-order valence-electron chi connectivity index (χ1n) is 5.54. The van der Waals surface area contributed by atoms with Crippen molar-refractivity contribution in [3.8, 4) is 0 Å². The van der Waals surface area contributed by atoms with E-state index in [-0.39, 0.29) is 5.82 Å². The van der Waals surface area contributed by atoms with E-state index in [1.165, 1.54) is 6.07 Å². The quantitative estimate of drug-likeness (QED) is 0.495. The van der Waals surface area contributed by atoms with Crippen molar-refractivity contribution in [3.05, 3.63) is 34.1 Å². The Bertz CT molecular complexity index is 412. The van der Waals surface area contributed by atoms with Crippen LogP contribution in [0.3, 0.4) is 0 Å². The minimum absolute atomic E-state index is 0.246. The average Bonchev–Trinajstić information content (AvgIpc) is 2.35. The largest absolute Gasteiger partial charge is 0.383 e. The molecule has 1 rings (SSSR count). The van der Waals surface area contributed by atoms with E-state index in [4.69, 9.17) is 4.74 Å². The molecule has 0 aliphatic rings. The van der Waals surface area contributed by atoms with Crippen LogP contribution >= 0.6 is 15.9 Å². The topological polar surface area (TPSA) is 45.7 Å². The zero-order valence-electron chi connectivity index (χ0n) is 10.5. The van der Waals surface area contributed by atoms with E-state index in [0.29, 0.717) is 31.2 Å². The number of nitrogens with zero attached hydrogens (tertiary/aromatic N) is 1. The smallest absolute Gasteiger partial charge is 0.191 e.